The summed E-state index contributed by atoms with van der Waals surface area (Å²) in [6.45, 7) is 0.719. The second-order valence-electron chi connectivity index (χ2n) is 2.09. The summed E-state index contributed by atoms with van der Waals surface area (Å²) in [6, 6.07) is 0. The van der Waals surface area contributed by atoms with E-state index in [-0.39, 0.29) is 24.8 Å². The minimum atomic E-state index is 0. The number of hydrogen-bond acceptors (Lipinski definition) is 3. The summed E-state index contributed by atoms with van der Waals surface area (Å²) in [4.78, 5) is 8.03. The Bertz CT molecular complexity index is 181. The van der Waals surface area contributed by atoms with Crippen LogP contribution in [0.3, 0.4) is 0 Å². The van der Waals surface area contributed by atoms with Crippen LogP contribution in [0.1, 0.15) is 12.1 Å². The first-order chi connectivity index (χ1) is 4.93. The summed E-state index contributed by atoms with van der Waals surface area (Å²) in [5, 5.41) is 0. The topological polar surface area (TPSA) is 51.8 Å². The second-order valence-corrected chi connectivity index (χ2v) is 2.09. The van der Waals surface area contributed by atoms with Crippen molar-refractivity contribution >= 4 is 24.8 Å². The van der Waals surface area contributed by atoms with Crippen LogP contribution < -0.4 is 5.73 Å². The fraction of sp³-hybridized carbons (Fsp3) is 0.429. The molecule has 5 heteroatoms. The zero-order chi connectivity index (χ0) is 7.23. The zero-order valence-electron chi connectivity index (χ0n) is 6.64. The van der Waals surface area contributed by atoms with Crippen molar-refractivity contribution in [2.24, 2.45) is 5.73 Å². The molecule has 0 aliphatic heterocycles. The largest absolute Gasteiger partial charge is 0.330 e. The molecule has 0 fully saturated rings. The van der Waals surface area contributed by atoms with Gasteiger partial charge < -0.3 is 5.73 Å². The highest BCUT2D eigenvalue weighted by Crippen LogP contribution is 1.93. The van der Waals surface area contributed by atoms with Gasteiger partial charge >= 0.3 is 0 Å². The Balaban J connectivity index is 0. The third-order valence-electron chi connectivity index (χ3n) is 1.25. The van der Waals surface area contributed by atoms with E-state index in [4.69, 9.17) is 5.73 Å². The molecular weight excluding hydrogens is 197 g/mol. The number of nitrogens with two attached hydrogens (primary N) is 1. The maximum Gasteiger partial charge on any atom is 0.0587 e. The first-order valence-electron chi connectivity index (χ1n) is 3.38. The van der Waals surface area contributed by atoms with E-state index in [0.29, 0.717) is 0 Å². The first-order valence-corrected chi connectivity index (χ1v) is 3.38. The lowest BCUT2D eigenvalue weighted by Gasteiger charge is -1.94. The molecule has 12 heavy (non-hydrogen) atoms. The van der Waals surface area contributed by atoms with E-state index in [1.54, 1.807) is 18.6 Å². The van der Waals surface area contributed by atoms with E-state index < -0.39 is 0 Å². The molecule has 0 spiro atoms. The van der Waals surface area contributed by atoms with E-state index in [1.165, 1.54) is 0 Å². The predicted octanol–water partition coefficient (Wildman–Crippen LogP) is 1.21. The van der Waals surface area contributed by atoms with Gasteiger partial charge in [0.2, 0.25) is 0 Å². The number of rotatable bonds is 3. The van der Waals surface area contributed by atoms with Gasteiger partial charge in [-0.3, -0.25) is 9.97 Å². The van der Waals surface area contributed by atoms with E-state index in [2.05, 4.69) is 9.97 Å². The molecule has 0 saturated carbocycles. The van der Waals surface area contributed by atoms with Gasteiger partial charge in [0.15, 0.2) is 0 Å². The van der Waals surface area contributed by atoms with Crippen LogP contribution in [-0.4, -0.2) is 16.5 Å². The van der Waals surface area contributed by atoms with Gasteiger partial charge in [-0.05, 0) is 19.4 Å². The number of halogens is 2. The van der Waals surface area contributed by atoms with Gasteiger partial charge in [0, 0.05) is 18.6 Å². The molecule has 1 rings (SSSR count). The zero-order valence-corrected chi connectivity index (χ0v) is 8.27. The standard InChI is InChI=1S/C7H11N3.2ClH/c8-3-1-2-7-6-9-4-5-10-7;;/h4-6H,1-3,8H2;2*1H. The van der Waals surface area contributed by atoms with Crippen molar-refractivity contribution in [3.63, 3.8) is 0 Å². The Hall–Kier alpha value is -0.380. The number of hydrogen-bond donors (Lipinski definition) is 1. The predicted molar refractivity (Wildman–Crippen MR) is 53.9 cm³/mol. The SMILES string of the molecule is Cl.Cl.NCCCc1cnccn1. The molecule has 2 N–H and O–H groups in total. The van der Waals surface area contributed by atoms with Crippen LogP contribution >= 0.6 is 24.8 Å². The third kappa shape index (κ3) is 5.29. The first kappa shape index (κ1) is 14.2. The fourth-order valence-corrected chi connectivity index (χ4v) is 0.742. The van der Waals surface area contributed by atoms with Gasteiger partial charge in [-0.15, -0.1) is 24.8 Å². The second kappa shape index (κ2) is 8.71. The summed E-state index contributed by atoms with van der Waals surface area (Å²) in [6.07, 6.45) is 7.07. The molecule has 0 saturated heterocycles. The Morgan fingerprint density at radius 3 is 2.50 bits per heavy atom. The van der Waals surface area contributed by atoms with Gasteiger partial charge in [-0.2, -0.15) is 0 Å². The lowest BCUT2D eigenvalue weighted by Crippen LogP contribution is -2.01. The van der Waals surface area contributed by atoms with Crippen LogP contribution in [0.5, 0.6) is 0 Å². The van der Waals surface area contributed by atoms with Crippen molar-refractivity contribution in [3.8, 4) is 0 Å². The summed E-state index contributed by atoms with van der Waals surface area (Å²) < 4.78 is 0. The van der Waals surface area contributed by atoms with Crippen molar-refractivity contribution < 1.29 is 0 Å². The molecule has 0 aromatic carbocycles. The van der Waals surface area contributed by atoms with E-state index >= 15 is 0 Å². The van der Waals surface area contributed by atoms with Crippen molar-refractivity contribution in [1.82, 2.24) is 9.97 Å². The van der Waals surface area contributed by atoms with Crippen LogP contribution in [0.25, 0.3) is 0 Å². The lowest BCUT2D eigenvalue weighted by atomic mass is 10.2. The summed E-state index contributed by atoms with van der Waals surface area (Å²) in [7, 11) is 0. The van der Waals surface area contributed by atoms with Crippen LogP contribution in [0, 0.1) is 0 Å². The van der Waals surface area contributed by atoms with Crippen LogP contribution in [0.15, 0.2) is 18.6 Å². The molecule has 0 aliphatic rings. The van der Waals surface area contributed by atoms with Crippen molar-refractivity contribution in [1.29, 1.82) is 0 Å². The molecule has 0 atom stereocenters. The molecule has 0 radical (unpaired) electrons. The Labute approximate surface area is 84.6 Å². The molecular formula is C7H13Cl2N3. The average Bonchev–Trinajstić information content (AvgIpc) is 2.03. The van der Waals surface area contributed by atoms with Crippen molar-refractivity contribution in [2.75, 3.05) is 6.54 Å². The van der Waals surface area contributed by atoms with E-state index in [9.17, 15) is 0 Å². The maximum atomic E-state index is 5.33. The summed E-state index contributed by atoms with van der Waals surface area (Å²) in [5.41, 5.74) is 6.35. The average molecular weight is 210 g/mol. The van der Waals surface area contributed by atoms with E-state index in [1.807, 2.05) is 0 Å². The molecule has 3 nitrogen and oxygen atoms in total. The van der Waals surface area contributed by atoms with Crippen molar-refractivity contribution in [3.05, 3.63) is 24.3 Å². The van der Waals surface area contributed by atoms with Crippen LogP contribution in [-0.2, 0) is 6.42 Å². The Kier molecular flexibility index (Phi) is 10.3. The Morgan fingerprint density at radius 1 is 1.25 bits per heavy atom. The molecule has 0 amide bonds. The Morgan fingerprint density at radius 2 is 2.00 bits per heavy atom. The quantitative estimate of drug-likeness (QED) is 0.815. The molecule has 70 valence electrons. The normalized spacial score (nSPS) is 8.08. The highest BCUT2D eigenvalue weighted by Gasteiger charge is 1.90. The van der Waals surface area contributed by atoms with Gasteiger partial charge in [-0.1, -0.05) is 0 Å². The maximum absolute atomic E-state index is 5.33. The summed E-state index contributed by atoms with van der Waals surface area (Å²) >= 11 is 0. The third-order valence-corrected chi connectivity index (χ3v) is 1.25. The van der Waals surface area contributed by atoms with Gasteiger partial charge in [-0.25, -0.2) is 0 Å². The summed E-state index contributed by atoms with van der Waals surface area (Å²) in [5.74, 6) is 0. The lowest BCUT2D eigenvalue weighted by molar-refractivity contribution is 0.804. The minimum Gasteiger partial charge on any atom is -0.330 e. The molecule has 1 aromatic heterocycles. The molecule has 0 aliphatic carbocycles. The van der Waals surface area contributed by atoms with Crippen LogP contribution in [0.4, 0.5) is 0 Å². The minimum absolute atomic E-state index is 0. The van der Waals surface area contributed by atoms with E-state index in [0.717, 1.165) is 25.1 Å². The van der Waals surface area contributed by atoms with Crippen molar-refractivity contribution in [2.45, 2.75) is 12.8 Å². The van der Waals surface area contributed by atoms with Gasteiger partial charge in [0.25, 0.3) is 0 Å². The number of aromatic nitrogens is 2. The highest BCUT2D eigenvalue weighted by molar-refractivity contribution is 5.85. The van der Waals surface area contributed by atoms with Gasteiger partial charge in [0.05, 0.1) is 5.69 Å². The smallest absolute Gasteiger partial charge is 0.0587 e. The number of nitrogens with zero attached hydrogens (tertiary/aromatic N) is 2. The molecule has 1 aromatic rings. The fourth-order valence-electron chi connectivity index (χ4n) is 0.742. The highest BCUT2D eigenvalue weighted by atomic mass is 35.5. The number of aryl methyl sites for hydroxylation is 1. The van der Waals surface area contributed by atoms with Crippen LogP contribution in [0.2, 0.25) is 0 Å². The molecule has 1 heterocycles. The van der Waals surface area contributed by atoms with Gasteiger partial charge in [0.1, 0.15) is 0 Å². The molecule has 0 bridgehead atoms. The monoisotopic (exact) mass is 209 g/mol. The molecule has 0 unspecified atom stereocenters.